The molecular formula is C16H18N4O4. The van der Waals surface area contributed by atoms with Crippen LogP contribution in [0.2, 0.25) is 0 Å². The number of carbonyl (C=O) groups excluding carboxylic acids is 1. The summed E-state index contributed by atoms with van der Waals surface area (Å²) in [7, 11) is 0. The molecule has 0 radical (unpaired) electrons. The second-order valence-electron chi connectivity index (χ2n) is 6.29. The highest BCUT2D eigenvalue weighted by Crippen LogP contribution is 2.36. The molecule has 24 heavy (non-hydrogen) atoms. The summed E-state index contributed by atoms with van der Waals surface area (Å²) < 4.78 is 5.30. The average molecular weight is 330 g/mol. The van der Waals surface area contributed by atoms with E-state index in [9.17, 15) is 14.9 Å². The van der Waals surface area contributed by atoms with Crippen molar-refractivity contribution in [1.29, 1.82) is 0 Å². The molecule has 2 aromatic rings. The predicted molar refractivity (Wildman–Crippen MR) is 86.1 cm³/mol. The standard InChI is InChI=1S/C16H18N4O4/c1-8(2)14-18-16(24-19-14)10-6-4-5-9(3)13(10)17-15(21)11-7-12(11)20(22)23/h4-6,8,11-12H,7H2,1-3H3,(H,17,21)/t11-,12-/m1/s1. The van der Waals surface area contributed by atoms with Crippen LogP contribution in [0.4, 0.5) is 5.69 Å². The second kappa shape index (κ2) is 6.03. The summed E-state index contributed by atoms with van der Waals surface area (Å²) in [5, 5.41) is 17.5. The first-order valence-corrected chi connectivity index (χ1v) is 7.76. The van der Waals surface area contributed by atoms with Crippen molar-refractivity contribution in [2.75, 3.05) is 5.32 Å². The topological polar surface area (TPSA) is 111 Å². The average Bonchev–Trinajstić information content (AvgIpc) is 3.19. The molecule has 0 spiro atoms. The maximum Gasteiger partial charge on any atom is 0.260 e. The second-order valence-corrected chi connectivity index (χ2v) is 6.29. The van der Waals surface area contributed by atoms with E-state index in [-0.39, 0.29) is 18.2 Å². The first-order chi connectivity index (χ1) is 11.4. The van der Waals surface area contributed by atoms with Crippen molar-refractivity contribution in [3.05, 3.63) is 39.7 Å². The third-order valence-corrected chi connectivity index (χ3v) is 4.07. The summed E-state index contributed by atoms with van der Waals surface area (Å²) in [6, 6.07) is 4.67. The maximum absolute atomic E-state index is 12.3. The van der Waals surface area contributed by atoms with Crippen LogP contribution in [0.25, 0.3) is 11.5 Å². The van der Waals surface area contributed by atoms with E-state index in [2.05, 4.69) is 15.5 Å². The molecule has 1 aromatic heterocycles. The number of nitro groups is 1. The molecule has 0 aliphatic heterocycles. The zero-order valence-corrected chi connectivity index (χ0v) is 13.6. The number of para-hydroxylation sites is 1. The van der Waals surface area contributed by atoms with E-state index in [1.807, 2.05) is 32.9 Å². The van der Waals surface area contributed by atoms with Gasteiger partial charge in [0.2, 0.25) is 11.9 Å². The number of benzene rings is 1. The molecule has 1 N–H and O–H groups in total. The number of anilines is 1. The fraction of sp³-hybridized carbons (Fsp3) is 0.438. The molecule has 1 aliphatic carbocycles. The number of amides is 1. The number of nitrogens with one attached hydrogen (secondary N) is 1. The van der Waals surface area contributed by atoms with E-state index >= 15 is 0 Å². The Labute approximate surface area is 138 Å². The minimum atomic E-state index is -0.784. The molecule has 0 saturated heterocycles. The lowest BCUT2D eigenvalue weighted by atomic mass is 10.1. The van der Waals surface area contributed by atoms with Crippen molar-refractivity contribution in [2.24, 2.45) is 5.92 Å². The molecule has 3 rings (SSSR count). The normalized spacial score (nSPS) is 19.3. The monoisotopic (exact) mass is 330 g/mol. The van der Waals surface area contributed by atoms with E-state index in [0.717, 1.165) is 5.56 Å². The van der Waals surface area contributed by atoms with Gasteiger partial charge in [-0.2, -0.15) is 4.98 Å². The number of nitrogens with zero attached hydrogens (tertiary/aromatic N) is 3. The van der Waals surface area contributed by atoms with Gasteiger partial charge in [-0.3, -0.25) is 14.9 Å². The molecule has 8 heteroatoms. The fourth-order valence-corrected chi connectivity index (χ4v) is 2.50. The minimum Gasteiger partial charge on any atom is -0.334 e. The van der Waals surface area contributed by atoms with Gasteiger partial charge in [-0.25, -0.2) is 0 Å². The summed E-state index contributed by atoms with van der Waals surface area (Å²) >= 11 is 0. The van der Waals surface area contributed by atoms with Crippen LogP contribution in [0.3, 0.4) is 0 Å². The highest BCUT2D eigenvalue weighted by atomic mass is 16.6. The van der Waals surface area contributed by atoms with E-state index in [1.54, 1.807) is 6.07 Å². The van der Waals surface area contributed by atoms with E-state index in [1.165, 1.54) is 0 Å². The first-order valence-electron chi connectivity index (χ1n) is 7.76. The maximum atomic E-state index is 12.3. The molecule has 1 aliphatic rings. The van der Waals surface area contributed by atoms with Crippen LogP contribution in [0.15, 0.2) is 22.7 Å². The molecule has 8 nitrogen and oxygen atoms in total. The summed E-state index contributed by atoms with van der Waals surface area (Å²) in [6.07, 6.45) is 0.276. The number of rotatable bonds is 5. The Bertz CT molecular complexity index is 799. The van der Waals surface area contributed by atoms with Gasteiger partial charge in [-0.05, 0) is 18.6 Å². The molecule has 1 aromatic carbocycles. The van der Waals surface area contributed by atoms with Crippen molar-refractivity contribution in [3.63, 3.8) is 0 Å². The van der Waals surface area contributed by atoms with Crippen LogP contribution in [0.1, 0.15) is 37.6 Å². The van der Waals surface area contributed by atoms with Crippen molar-refractivity contribution < 1.29 is 14.2 Å². The van der Waals surface area contributed by atoms with Gasteiger partial charge in [0.1, 0.15) is 5.92 Å². The van der Waals surface area contributed by atoms with Gasteiger partial charge in [0.25, 0.3) is 5.89 Å². The lowest BCUT2D eigenvalue weighted by molar-refractivity contribution is -0.497. The Morgan fingerprint density at radius 2 is 2.21 bits per heavy atom. The molecule has 1 saturated carbocycles. The SMILES string of the molecule is Cc1cccc(-c2nc(C(C)C)no2)c1NC(=O)[C@@H]1C[C@H]1[N+](=O)[O-]. The number of carbonyl (C=O) groups is 1. The number of aromatic nitrogens is 2. The van der Waals surface area contributed by atoms with E-state index in [4.69, 9.17) is 4.52 Å². The summed E-state index contributed by atoms with van der Waals surface area (Å²) in [6.45, 7) is 5.76. The number of hydrogen-bond donors (Lipinski definition) is 1. The highest BCUT2D eigenvalue weighted by Gasteiger charge is 2.53. The summed E-state index contributed by atoms with van der Waals surface area (Å²) in [5.74, 6) is 0.0913. The quantitative estimate of drug-likeness (QED) is 0.666. The largest absolute Gasteiger partial charge is 0.334 e. The van der Waals surface area contributed by atoms with Gasteiger partial charge in [0, 0.05) is 17.3 Å². The van der Waals surface area contributed by atoms with Crippen molar-refractivity contribution in [2.45, 2.75) is 39.2 Å². The lowest BCUT2D eigenvalue weighted by Gasteiger charge is -2.11. The zero-order chi connectivity index (χ0) is 17.4. The van der Waals surface area contributed by atoms with Crippen LogP contribution in [-0.2, 0) is 4.79 Å². The zero-order valence-electron chi connectivity index (χ0n) is 13.6. The van der Waals surface area contributed by atoms with Gasteiger partial charge in [0.05, 0.1) is 11.3 Å². The molecule has 126 valence electrons. The Hall–Kier alpha value is -2.77. The van der Waals surface area contributed by atoms with Crippen LogP contribution in [0, 0.1) is 23.0 Å². The summed E-state index contributed by atoms with van der Waals surface area (Å²) in [5.41, 5.74) is 1.99. The number of aryl methyl sites for hydroxylation is 1. The van der Waals surface area contributed by atoms with Crippen LogP contribution >= 0.6 is 0 Å². The van der Waals surface area contributed by atoms with Crippen LogP contribution in [-0.4, -0.2) is 27.0 Å². The molecule has 1 fully saturated rings. The Morgan fingerprint density at radius 3 is 2.79 bits per heavy atom. The molecule has 2 atom stereocenters. The first kappa shape index (κ1) is 16.1. The molecule has 1 amide bonds. The predicted octanol–water partition coefficient (Wildman–Crippen LogP) is 2.77. The van der Waals surface area contributed by atoms with Gasteiger partial charge < -0.3 is 9.84 Å². The third-order valence-electron chi connectivity index (χ3n) is 4.07. The smallest absolute Gasteiger partial charge is 0.260 e. The fourth-order valence-electron chi connectivity index (χ4n) is 2.50. The summed E-state index contributed by atoms with van der Waals surface area (Å²) in [4.78, 5) is 26.9. The molecule has 0 bridgehead atoms. The van der Waals surface area contributed by atoms with Gasteiger partial charge in [-0.15, -0.1) is 0 Å². The van der Waals surface area contributed by atoms with Gasteiger partial charge >= 0.3 is 0 Å². The van der Waals surface area contributed by atoms with Gasteiger partial charge in [-0.1, -0.05) is 31.1 Å². The third kappa shape index (κ3) is 2.99. The molecule has 0 unspecified atom stereocenters. The molecular weight excluding hydrogens is 312 g/mol. The number of hydrogen-bond acceptors (Lipinski definition) is 6. The van der Waals surface area contributed by atoms with Crippen molar-refractivity contribution >= 4 is 11.6 Å². The Balaban J connectivity index is 1.88. The van der Waals surface area contributed by atoms with Crippen molar-refractivity contribution in [3.8, 4) is 11.5 Å². The highest BCUT2D eigenvalue weighted by molar-refractivity contribution is 5.98. The Kier molecular flexibility index (Phi) is 4.04. The van der Waals surface area contributed by atoms with Crippen LogP contribution < -0.4 is 5.32 Å². The van der Waals surface area contributed by atoms with E-state index < -0.39 is 16.9 Å². The van der Waals surface area contributed by atoms with E-state index in [0.29, 0.717) is 23.0 Å². The van der Waals surface area contributed by atoms with Crippen molar-refractivity contribution in [1.82, 2.24) is 10.1 Å². The van der Waals surface area contributed by atoms with Crippen LogP contribution in [0.5, 0.6) is 0 Å². The minimum absolute atomic E-state index is 0.123. The Morgan fingerprint density at radius 1 is 1.46 bits per heavy atom. The lowest BCUT2D eigenvalue weighted by Crippen LogP contribution is -2.19. The van der Waals surface area contributed by atoms with Gasteiger partial charge in [0.15, 0.2) is 5.82 Å². The molecule has 1 heterocycles.